The monoisotopic (exact) mass is 419 g/mol. The van der Waals surface area contributed by atoms with E-state index in [0.29, 0.717) is 28.6 Å². The van der Waals surface area contributed by atoms with Gasteiger partial charge in [-0.1, -0.05) is 12.1 Å². The number of hydrogen-bond acceptors (Lipinski definition) is 6. The van der Waals surface area contributed by atoms with Crippen LogP contribution in [-0.4, -0.2) is 39.1 Å². The van der Waals surface area contributed by atoms with Gasteiger partial charge < -0.3 is 14.5 Å². The summed E-state index contributed by atoms with van der Waals surface area (Å²) in [5.41, 5.74) is 2.20. The van der Waals surface area contributed by atoms with Crippen LogP contribution >= 0.6 is 0 Å². The maximum atomic E-state index is 12.6. The number of nitrogens with one attached hydrogen (secondary N) is 1. The molecular formula is C22H21N5O4. The first-order valence-corrected chi connectivity index (χ1v) is 9.64. The SMILES string of the molecule is COc1cccc(-c2cc(C(=O)NCCn3nc(-c4ccco4)ccc3=O)n(C)n2)c1. The van der Waals surface area contributed by atoms with Crippen molar-refractivity contribution < 1.29 is 13.9 Å². The van der Waals surface area contributed by atoms with Crippen LogP contribution < -0.4 is 15.6 Å². The van der Waals surface area contributed by atoms with Crippen molar-refractivity contribution >= 4 is 5.91 Å². The van der Waals surface area contributed by atoms with E-state index in [1.165, 1.54) is 15.4 Å². The number of furan rings is 1. The van der Waals surface area contributed by atoms with E-state index in [1.54, 1.807) is 44.7 Å². The van der Waals surface area contributed by atoms with Crippen LogP contribution in [0.3, 0.4) is 0 Å². The molecule has 0 atom stereocenters. The summed E-state index contributed by atoms with van der Waals surface area (Å²) in [7, 11) is 3.30. The molecule has 0 saturated heterocycles. The van der Waals surface area contributed by atoms with Gasteiger partial charge >= 0.3 is 0 Å². The number of hydrogen-bond donors (Lipinski definition) is 1. The Kier molecular flexibility index (Phi) is 5.65. The molecule has 0 bridgehead atoms. The fourth-order valence-electron chi connectivity index (χ4n) is 3.13. The molecule has 1 N–H and O–H groups in total. The first-order chi connectivity index (χ1) is 15.0. The zero-order chi connectivity index (χ0) is 21.8. The summed E-state index contributed by atoms with van der Waals surface area (Å²) >= 11 is 0. The lowest BCUT2D eigenvalue weighted by Crippen LogP contribution is -2.32. The molecule has 0 aliphatic carbocycles. The standard InChI is InChI=1S/C22H21N5O4/c1-26-19(14-18(24-26)15-5-3-6-16(13-15)30-2)22(29)23-10-11-27-21(28)9-8-17(25-27)20-7-4-12-31-20/h3-9,12-14H,10-11H2,1-2H3,(H,23,29). The third-order valence-electron chi connectivity index (χ3n) is 4.73. The average molecular weight is 419 g/mol. The highest BCUT2D eigenvalue weighted by Crippen LogP contribution is 2.23. The zero-order valence-electron chi connectivity index (χ0n) is 17.1. The summed E-state index contributed by atoms with van der Waals surface area (Å²) in [4.78, 5) is 24.7. The van der Waals surface area contributed by atoms with Crippen molar-refractivity contribution in [2.24, 2.45) is 7.05 Å². The number of rotatable bonds is 7. The van der Waals surface area contributed by atoms with Gasteiger partial charge in [0, 0.05) is 25.2 Å². The van der Waals surface area contributed by atoms with E-state index < -0.39 is 0 Å². The second-order valence-electron chi connectivity index (χ2n) is 6.78. The van der Waals surface area contributed by atoms with Gasteiger partial charge in [0.2, 0.25) is 0 Å². The van der Waals surface area contributed by atoms with E-state index in [1.807, 2.05) is 24.3 Å². The number of aryl methyl sites for hydroxylation is 1. The number of benzene rings is 1. The Hall–Kier alpha value is -4.14. The van der Waals surface area contributed by atoms with Gasteiger partial charge in [0.1, 0.15) is 17.1 Å². The fourth-order valence-corrected chi connectivity index (χ4v) is 3.13. The third-order valence-corrected chi connectivity index (χ3v) is 4.73. The first kappa shape index (κ1) is 20.1. The van der Waals surface area contributed by atoms with Crippen molar-refractivity contribution in [3.8, 4) is 28.5 Å². The quantitative estimate of drug-likeness (QED) is 0.493. The van der Waals surface area contributed by atoms with Gasteiger partial charge in [-0.3, -0.25) is 14.3 Å². The van der Waals surface area contributed by atoms with Gasteiger partial charge in [0.15, 0.2) is 5.76 Å². The Bertz CT molecular complexity index is 1260. The van der Waals surface area contributed by atoms with Gasteiger partial charge in [-0.15, -0.1) is 0 Å². The molecule has 0 radical (unpaired) electrons. The van der Waals surface area contributed by atoms with Crippen molar-refractivity contribution in [3.05, 3.63) is 76.9 Å². The first-order valence-electron chi connectivity index (χ1n) is 9.64. The molecule has 0 spiro atoms. The summed E-state index contributed by atoms with van der Waals surface area (Å²) in [5, 5.41) is 11.5. The van der Waals surface area contributed by atoms with Gasteiger partial charge in [0.05, 0.1) is 25.6 Å². The van der Waals surface area contributed by atoms with E-state index in [2.05, 4.69) is 15.5 Å². The molecule has 1 aromatic carbocycles. The number of amides is 1. The topological polar surface area (TPSA) is 104 Å². The highest BCUT2D eigenvalue weighted by atomic mass is 16.5. The van der Waals surface area contributed by atoms with Crippen LogP contribution in [-0.2, 0) is 13.6 Å². The molecule has 4 rings (SSSR count). The van der Waals surface area contributed by atoms with Crippen LogP contribution in [0.25, 0.3) is 22.7 Å². The molecule has 0 aliphatic rings. The number of methoxy groups -OCH3 is 1. The number of ether oxygens (including phenoxy) is 1. The fraction of sp³-hybridized carbons (Fsp3) is 0.182. The molecular weight excluding hydrogens is 398 g/mol. The van der Waals surface area contributed by atoms with E-state index in [4.69, 9.17) is 9.15 Å². The Morgan fingerprint density at radius 1 is 1.10 bits per heavy atom. The summed E-state index contributed by atoms with van der Waals surface area (Å²) in [6.45, 7) is 0.451. The van der Waals surface area contributed by atoms with E-state index in [9.17, 15) is 9.59 Å². The Labute approximate surface area is 177 Å². The van der Waals surface area contributed by atoms with Crippen molar-refractivity contribution in [3.63, 3.8) is 0 Å². The van der Waals surface area contributed by atoms with Crippen molar-refractivity contribution in [1.82, 2.24) is 24.9 Å². The van der Waals surface area contributed by atoms with Gasteiger partial charge in [-0.05, 0) is 36.4 Å². The lowest BCUT2D eigenvalue weighted by molar-refractivity contribution is 0.0942. The molecule has 1 amide bonds. The summed E-state index contributed by atoms with van der Waals surface area (Å²) < 4.78 is 13.4. The smallest absolute Gasteiger partial charge is 0.269 e. The molecule has 0 saturated carbocycles. The lowest BCUT2D eigenvalue weighted by Gasteiger charge is -2.07. The second-order valence-corrected chi connectivity index (χ2v) is 6.78. The Morgan fingerprint density at radius 2 is 1.97 bits per heavy atom. The summed E-state index contributed by atoms with van der Waals surface area (Å²) in [6.07, 6.45) is 1.54. The van der Waals surface area contributed by atoms with Crippen LogP contribution in [0.1, 0.15) is 10.5 Å². The average Bonchev–Trinajstić information content (AvgIpc) is 3.45. The number of nitrogens with zero attached hydrogens (tertiary/aromatic N) is 4. The van der Waals surface area contributed by atoms with Crippen LogP contribution in [0.15, 0.2) is 70.1 Å². The van der Waals surface area contributed by atoms with E-state index in [-0.39, 0.29) is 24.6 Å². The molecule has 31 heavy (non-hydrogen) atoms. The maximum Gasteiger partial charge on any atom is 0.269 e. The predicted octanol–water partition coefficient (Wildman–Crippen LogP) is 2.34. The minimum atomic E-state index is -0.292. The molecule has 9 heteroatoms. The minimum absolute atomic E-state index is 0.222. The predicted molar refractivity (Wildman–Crippen MR) is 114 cm³/mol. The number of aromatic nitrogens is 4. The molecule has 4 aromatic rings. The number of carbonyl (C=O) groups is 1. The molecule has 3 aromatic heterocycles. The van der Waals surface area contributed by atoms with E-state index >= 15 is 0 Å². The van der Waals surface area contributed by atoms with Gasteiger partial charge in [-0.2, -0.15) is 10.2 Å². The minimum Gasteiger partial charge on any atom is -0.497 e. The van der Waals surface area contributed by atoms with Gasteiger partial charge in [0.25, 0.3) is 11.5 Å². The Morgan fingerprint density at radius 3 is 2.74 bits per heavy atom. The highest BCUT2D eigenvalue weighted by molar-refractivity contribution is 5.93. The second kappa shape index (κ2) is 8.70. The van der Waals surface area contributed by atoms with Crippen molar-refractivity contribution in [2.45, 2.75) is 6.54 Å². The lowest BCUT2D eigenvalue weighted by atomic mass is 10.1. The Balaban J connectivity index is 1.43. The van der Waals surface area contributed by atoms with Gasteiger partial charge in [-0.25, -0.2) is 4.68 Å². The molecule has 9 nitrogen and oxygen atoms in total. The van der Waals surface area contributed by atoms with Crippen LogP contribution in [0.2, 0.25) is 0 Å². The highest BCUT2D eigenvalue weighted by Gasteiger charge is 2.15. The van der Waals surface area contributed by atoms with Crippen LogP contribution in [0, 0.1) is 0 Å². The molecule has 3 heterocycles. The number of carbonyl (C=O) groups excluding carboxylic acids is 1. The third kappa shape index (κ3) is 4.40. The van der Waals surface area contributed by atoms with Crippen molar-refractivity contribution in [2.75, 3.05) is 13.7 Å². The molecule has 0 aliphatic heterocycles. The zero-order valence-corrected chi connectivity index (χ0v) is 17.1. The van der Waals surface area contributed by atoms with Crippen molar-refractivity contribution in [1.29, 1.82) is 0 Å². The summed E-state index contributed by atoms with van der Waals surface area (Å²) in [5.74, 6) is 0.987. The van der Waals surface area contributed by atoms with E-state index in [0.717, 1.165) is 5.56 Å². The largest absolute Gasteiger partial charge is 0.497 e. The molecule has 158 valence electrons. The van der Waals surface area contributed by atoms with Crippen LogP contribution in [0.4, 0.5) is 0 Å². The molecule has 0 fully saturated rings. The molecule has 0 unspecified atom stereocenters. The maximum absolute atomic E-state index is 12.6. The normalized spacial score (nSPS) is 10.8. The summed E-state index contributed by atoms with van der Waals surface area (Å²) in [6, 6.07) is 15.7. The van der Waals surface area contributed by atoms with Crippen LogP contribution in [0.5, 0.6) is 5.75 Å².